The SMILES string of the molecule is COc1ccc(OC)c(C=C2Oc3cc(OCC(=O)NC(Cc4c[nH]c5ccccc45)C(=O)O)ccc3C2=O)c1. The number of para-hydroxylation sites is 1. The van der Waals surface area contributed by atoms with Crippen molar-refractivity contribution in [1.29, 1.82) is 0 Å². The van der Waals surface area contributed by atoms with E-state index in [-0.39, 0.29) is 29.5 Å². The lowest BCUT2D eigenvalue weighted by Crippen LogP contribution is -2.44. The molecule has 10 nitrogen and oxygen atoms in total. The molecule has 5 rings (SSSR count). The molecule has 0 fully saturated rings. The molecule has 0 bridgehead atoms. The van der Waals surface area contributed by atoms with Crippen LogP contribution in [0.2, 0.25) is 0 Å². The van der Waals surface area contributed by atoms with E-state index in [1.54, 1.807) is 49.7 Å². The standard InChI is InChI=1S/C30H26N2O8/c1-37-19-8-10-25(38-2)17(11-19)13-27-29(34)22-9-7-20(14-26(22)40-27)39-16-28(33)32-24(30(35)36)12-18-15-31-23-6-4-3-5-21(18)23/h3-11,13-15,24,31H,12,16H2,1-2H3,(H,32,33)(H,35,36). The second-order valence-corrected chi connectivity index (χ2v) is 9.02. The second-order valence-electron chi connectivity index (χ2n) is 9.02. The Bertz CT molecular complexity index is 1640. The van der Waals surface area contributed by atoms with E-state index in [0.717, 1.165) is 16.5 Å². The molecule has 1 aliphatic rings. The van der Waals surface area contributed by atoms with Crippen molar-refractivity contribution in [2.75, 3.05) is 20.8 Å². The first-order chi connectivity index (χ1) is 19.4. The zero-order valence-corrected chi connectivity index (χ0v) is 21.7. The molecule has 1 aromatic heterocycles. The van der Waals surface area contributed by atoms with Crippen molar-refractivity contribution in [3.8, 4) is 23.0 Å². The Labute approximate surface area is 229 Å². The minimum absolute atomic E-state index is 0.0954. The lowest BCUT2D eigenvalue weighted by molar-refractivity contribution is -0.142. The van der Waals surface area contributed by atoms with Crippen LogP contribution >= 0.6 is 0 Å². The van der Waals surface area contributed by atoms with Gasteiger partial charge >= 0.3 is 5.97 Å². The van der Waals surface area contributed by atoms with Crippen molar-refractivity contribution in [2.45, 2.75) is 12.5 Å². The van der Waals surface area contributed by atoms with Crippen molar-refractivity contribution in [3.63, 3.8) is 0 Å². The smallest absolute Gasteiger partial charge is 0.326 e. The molecule has 0 saturated carbocycles. The number of carboxylic acids is 1. The number of carboxylic acid groups (broad SMARTS) is 1. The Morgan fingerprint density at radius 3 is 2.62 bits per heavy atom. The zero-order valence-electron chi connectivity index (χ0n) is 21.7. The molecule has 1 amide bonds. The third-order valence-electron chi connectivity index (χ3n) is 6.47. The highest BCUT2D eigenvalue weighted by molar-refractivity contribution is 6.14. The van der Waals surface area contributed by atoms with Crippen LogP contribution in [-0.4, -0.2) is 54.6 Å². The first kappa shape index (κ1) is 26.4. The molecule has 1 aliphatic heterocycles. The summed E-state index contributed by atoms with van der Waals surface area (Å²) in [5.74, 6) is -0.283. The van der Waals surface area contributed by atoms with Crippen molar-refractivity contribution in [1.82, 2.24) is 10.3 Å². The Kier molecular flexibility index (Phi) is 7.41. The predicted octanol–water partition coefficient (Wildman–Crippen LogP) is 3.99. The maximum atomic E-state index is 12.9. The lowest BCUT2D eigenvalue weighted by atomic mass is 10.1. The molecular weight excluding hydrogens is 516 g/mol. The van der Waals surface area contributed by atoms with Crippen molar-refractivity contribution < 1.29 is 38.4 Å². The van der Waals surface area contributed by atoms with Gasteiger partial charge in [0.05, 0.1) is 19.8 Å². The van der Waals surface area contributed by atoms with Gasteiger partial charge in [-0.05, 0) is 48.0 Å². The third-order valence-corrected chi connectivity index (χ3v) is 6.47. The highest BCUT2D eigenvalue weighted by Gasteiger charge is 2.28. The molecule has 204 valence electrons. The minimum Gasteiger partial charge on any atom is -0.497 e. The Balaban J connectivity index is 1.23. The van der Waals surface area contributed by atoms with Crippen molar-refractivity contribution in [2.24, 2.45) is 0 Å². The summed E-state index contributed by atoms with van der Waals surface area (Å²) in [6.45, 7) is -0.423. The number of aromatic nitrogens is 1. The van der Waals surface area contributed by atoms with Gasteiger partial charge in [-0.1, -0.05) is 18.2 Å². The molecule has 0 saturated heterocycles. The van der Waals surface area contributed by atoms with Crippen LogP contribution in [0.15, 0.2) is 72.6 Å². The van der Waals surface area contributed by atoms with Gasteiger partial charge < -0.3 is 34.4 Å². The van der Waals surface area contributed by atoms with Crippen LogP contribution in [0.25, 0.3) is 17.0 Å². The molecule has 1 unspecified atom stereocenters. The summed E-state index contributed by atoms with van der Waals surface area (Å²) in [6, 6.07) is 16.2. The molecule has 1 atom stereocenters. The summed E-state index contributed by atoms with van der Waals surface area (Å²) in [7, 11) is 3.07. The fourth-order valence-corrected chi connectivity index (χ4v) is 4.46. The summed E-state index contributed by atoms with van der Waals surface area (Å²) < 4.78 is 22.0. The molecule has 40 heavy (non-hydrogen) atoms. The van der Waals surface area contributed by atoms with Gasteiger partial charge in [-0.25, -0.2) is 4.79 Å². The van der Waals surface area contributed by atoms with Gasteiger partial charge in [0.1, 0.15) is 29.0 Å². The maximum Gasteiger partial charge on any atom is 0.326 e. The Morgan fingerprint density at radius 2 is 1.85 bits per heavy atom. The van der Waals surface area contributed by atoms with Crippen LogP contribution in [0.1, 0.15) is 21.5 Å². The molecule has 10 heteroatoms. The number of carbonyl (C=O) groups excluding carboxylic acids is 2. The number of amides is 1. The second kappa shape index (κ2) is 11.2. The number of aromatic amines is 1. The van der Waals surface area contributed by atoms with Gasteiger partial charge in [0.15, 0.2) is 12.4 Å². The molecule has 3 aromatic carbocycles. The fraction of sp³-hybridized carbons (Fsp3) is 0.167. The number of fused-ring (bicyclic) bond motifs is 2. The molecule has 3 N–H and O–H groups in total. The number of Topliss-reactive ketones (excluding diaryl/α,β-unsaturated/α-hetero) is 1. The number of allylic oxidation sites excluding steroid dienone is 1. The highest BCUT2D eigenvalue weighted by atomic mass is 16.5. The maximum absolute atomic E-state index is 12.9. The molecule has 2 heterocycles. The van der Waals surface area contributed by atoms with Gasteiger partial charge in [0, 0.05) is 35.2 Å². The van der Waals surface area contributed by atoms with Gasteiger partial charge in [-0.3, -0.25) is 9.59 Å². The number of hydrogen-bond donors (Lipinski definition) is 3. The molecule has 0 spiro atoms. The first-order valence-corrected chi connectivity index (χ1v) is 12.4. The summed E-state index contributed by atoms with van der Waals surface area (Å²) in [4.78, 5) is 40.4. The average Bonchev–Trinajstić information content (AvgIpc) is 3.51. The summed E-state index contributed by atoms with van der Waals surface area (Å²) in [5, 5.41) is 13.1. The zero-order chi connectivity index (χ0) is 28.2. The van der Waals surface area contributed by atoms with E-state index < -0.39 is 24.5 Å². The predicted molar refractivity (Wildman–Crippen MR) is 146 cm³/mol. The Hall–Kier alpha value is -5.25. The van der Waals surface area contributed by atoms with Crippen LogP contribution in [0.3, 0.4) is 0 Å². The monoisotopic (exact) mass is 542 g/mol. The molecule has 0 radical (unpaired) electrons. The number of nitrogens with one attached hydrogen (secondary N) is 2. The van der Waals surface area contributed by atoms with Crippen LogP contribution in [0.5, 0.6) is 23.0 Å². The number of H-pyrrole nitrogens is 1. The third kappa shape index (κ3) is 5.46. The average molecular weight is 543 g/mol. The number of rotatable bonds is 10. The molecular formula is C30H26N2O8. The summed E-state index contributed by atoms with van der Waals surface area (Å²) in [6.07, 6.45) is 3.41. The molecule has 0 aliphatic carbocycles. The van der Waals surface area contributed by atoms with Crippen molar-refractivity contribution >= 4 is 34.6 Å². The molecule has 4 aromatic rings. The fourth-order valence-electron chi connectivity index (χ4n) is 4.46. The lowest BCUT2D eigenvalue weighted by Gasteiger charge is -2.15. The van der Waals surface area contributed by atoms with E-state index in [9.17, 15) is 19.5 Å². The van der Waals surface area contributed by atoms with Gasteiger partial charge in [0.25, 0.3) is 5.91 Å². The number of methoxy groups -OCH3 is 2. The largest absolute Gasteiger partial charge is 0.497 e. The number of ketones is 1. The van der Waals surface area contributed by atoms with Gasteiger partial charge in [0.2, 0.25) is 5.78 Å². The summed E-state index contributed by atoms with van der Waals surface area (Å²) in [5.41, 5.74) is 2.61. The normalized spacial score (nSPS) is 13.9. The number of aliphatic carboxylic acids is 1. The number of carbonyl (C=O) groups is 3. The quantitative estimate of drug-likeness (QED) is 0.256. The van der Waals surface area contributed by atoms with Gasteiger partial charge in [-0.2, -0.15) is 0 Å². The van der Waals surface area contributed by atoms with Crippen LogP contribution in [-0.2, 0) is 16.0 Å². The van der Waals surface area contributed by atoms with E-state index in [1.807, 2.05) is 24.3 Å². The Morgan fingerprint density at radius 1 is 1.05 bits per heavy atom. The highest BCUT2D eigenvalue weighted by Crippen LogP contribution is 2.36. The first-order valence-electron chi connectivity index (χ1n) is 12.4. The summed E-state index contributed by atoms with van der Waals surface area (Å²) >= 11 is 0. The van der Waals surface area contributed by atoms with E-state index in [1.165, 1.54) is 13.2 Å². The van der Waals surface area contributed by atoms with Gasteiger partial charge in [-0.15, -0.1) is 0 Å². The van der Waals surface area contributed by atoms with E-state index in [0.29, 0.717) is 22.6 Å². The van der Waals surface area contributed by atoms with E-state index in [2.05, 4.69) is 10.3 Å². The van der Waals surface area contributed by atoms with Crippen LogP contribution < -0.4 is 24.3 Å². The van der Waals surface area contributed by atoms with E-state index in [4.69, 9.17) is 18.9 Å². The minimum atomic E-state index is -1.16. The van der Waals surface area contributed by atoms with Crippen molar-refractivity contribution in [3.05, 3.63) is 89.3 Å². The van der Waals surface area contributed by atoms with E-state index >= 15 is 0 Å². The number of hydrogen-bond acceptors (Lipinski definition) is 7. The van der Waals surface area contributed by atoms with Crippen LogP contribution in [0.4, 0.5) is 0 Å². The van der Waals surface area contributed by atoms with Crippen LogP contribution in [0, 0.1) is 0 Å². The number of benzene rings is 3. The number of ether oxygens (including phenoxy) is 4. The topological polar surface area (TPSA) is 136 Å².